The van der Waals surface area contributed by atoms with Gasteiger partial charge in [0.05, 0.1) is 6.61 Å². The molecule has 18 heavy (non-hydrogen) atoms. The van der Waals surface area contributed by atoms with E-state index in [1.54, 1.807) is 0 Å². The molecule has 0 saturated carbocycles. The van der Waals surface area contributed by atoms with E-state index in [2.05, 4.69) is 15.9 Å². The third-order valence-electron chi connectivity index (χ3n) is 3.08. The number of carbonyl (C=O) groups is 1. The van der Waals surface area contributed by atoms with Gasteiger partial charge in [0, 0.05) is 24.0 Å². The van der Waals surface area contributed by atoms with E-state index < -0.39 is 0 Å². The van der Waals surface area contributed by atoms with Crippen LogP contribution in [0.5, 0.6) is 5.75 Å². The fourth-order valence-electron chi connectivity index (χ4n) is 2.07. The SMILES string of the molecule is O=C(CCCOc1ccc(Br)cc1)N1CCCC1. The van der Waals surface area contributed by atoms with Gasteiger partial charge in [-0.15, -0.1) is 0 Å². The average Bonchev–Trinajstić information content (AvgIpc) is 2.90. The molecule has 0 radical (unpaired) electrons. The molecule has 0 atom stereocenters. The van der Waals surface area contributed by atoms with Gasteiger partial charge in [0.25, 0.3) is 0 Å². The van der Waals surface area contributed by atoms with Crippen molar-refractivity contribution in [1.29, 1.82) is 0 Å². The zero-order valence-electron chi connectivity index (χ0n) is 10.4. The molecule has 98 valence electrons. The van der Waals surface area contributed by atoms with Crippen LogP contribution < -0.4 is 4.74 Å². The van der Waals surface area contributed by atoms with Crippen LogP contribution in [0.1, 0.15) is 25.7 Å². The second-order valence-electron chi connectivity index (χ2n) is 4.49. The first-order chi connectivity index (χ1) is 8.75. The molecular weight excluding hydrogens is 294 g/mol. The fourth-order valence-corrected chi connectivity index (χ4v) is 2.33. The highest BCUT2D eigenvalue weighted by atomic mass is 79.9. The van der Waals surface area contributed by atoms with Gasteiger partial charge >= 0.3 is 0 Å². The van der Waals surface area contributed by atoms with Crippen LogP contribution in [0.3, 0.4) is 0 Å². The number of halogens is 1. The number of ether oxygens (including phenoxy) is 1. The maximum absolute atomic E-state index is 11.8. The van der Waals surface area contributed by atoms with E-state index in [0.29, 0.717) is 13.0 Å². The number of nitrogens with zero attached hydrogens (tertiary/aromatic N) is 1. The van der Waals surface area contributed by atoms with Gasteiger partial charge in [-0.05, 0) is 43.5 Å². The van der Waals surface area contributed by atoms with Crippen molar-refractivity contribution in [2.75, 3.05) is 19.7 Å². The number of hydrogen-bond donors (Lipinski definition) is 0. The summed E-state index contributed by atoms with van der Waals surface area (Å²) in [5.74, 6) is 1.12. The third kappa shape index (κ3) is 4.02. The lowest BCUT2D eigenvalue weighted by Crippen LogP contribution is -2.27. The molecule has 0 unspecified atom stereocenters. The molecule has 1 aromatic rings. The molecule has 1 amide bonds. The maximum atomic E-state index is 11.8. The van der Waals surface area contributed by atoms with Crippen LogP contribution in [0, 0.1) is 0 Å². The molecule has 1 saturated heterocycles. The van der Waals surface area contributed by atoms with Gasteiger partial charge in [0.1, 0.15) is 5.75 Å². The van der Waals surface area contributed by atoms with Crippen LogP contribution in [-0.4, -0.2) is 30.5 Å². The highest BCUT2D eigenvalue weighted by Gasteiger charge is 2.16. The molecule has 0 N–H and O–H groups in total. The van der Waals surface area contributed by atoms with E-state index in [-0.39, 0.29) is 5.91 Å². The summed E-state index contributed by atoms with van der Waals surface area (Å²) in [5.41, 5.74) is 0. The van der Waals surface area contributed by atoms with Crippen LogP contribution >= 0.6 is 15.9 Å². The molecule has 0 bridgehead atoms. The van der Waals surface area contributed by atoms with Gasteiger partial charge in [0.2, 0.25) is 5.91 Å². The predicted molar refractivity (Wildman–Crippen MR) is 74.7 cm³/mol. The highest BCUT2D eigenvalue weighted by Crippen LogP contribution is 2.16. The van der Waals surface area contributed by atoms with Gasteiger partial charge in [-0.25, -0.2) is 0 Å². The highest BCUT2D eigenvalue weighted by molar-refractivity contribution is 9.10. The first kappa shape index (κ1) is 13.4. The Kier molecular flexibility index (Phi) is 5.05. The molecule has 1 aliphatic rings. The van der Waals surface area contributed by atoms with Crippen molar-refractivity contribution in [2.45, 2.75) is 25.7 Å². The van der Waals surface area contributed by atoms with E-state index in [4.69, 9.17) is 4.74 Å². The Morgan fingerprint density at radius 1 is 1.22 bits per heavy atom. The topological polar surface area (TPSA) is 29.5 Å². The first-order valence-electron chi connectivity index (χ1n) is 6.42. The summed E-state index contributed by atoms with van der Waals surface area (Å²) in [7, 11) is 0. The summed E-state index contributed by atoms with van der Waals surface area (Å²) in [6.07, 6.45) is 3.68. The molecule has 3 nitrogen and oxygen atoms in total. The first-order valence-corrected chi connectivity index (χ1v) is 7.21. The van der Waals surface area contributed by atoms with E-state index in [1.807, 2.05) is 29.2 Å². The Hall–Kier alpha value is -1.03. The number of carbonyl (C=O) groups excluding carboxylic acids is 1. The third-order valence-corrected chi connectivity index (χ3v) is 3.60. The van der Waals surface area contributed by atoms with Crippen molar-refractivity contribution in [3.63, 3.8) is 0 Å². The fraction of sp³-hybridized carbons (Fsp3) is 0.500. The number of hydrogen-bond acceptors (Lipinski definition) is 2. The zero-order chi connectivity index (χ0) is 12.8. The second kappa shape index (κ2) is 6.78. The summed E-state index contributed by atoms with van der Waals surface area (Å²) < 4.78 is 6.62. The van der Waals surface area contributed by atoms with Gasteiger partial charge in [-0.2, -0.15) is 0 Å². The smallest absolute Gasteiger partial charge is 0.222 e. The van der Waals surface area contributed by atoms with Crippen LogP contribution in [0.2, 0.25) is 0 Å². The lowest BCUT2D eigenvalue weighted by Gasteiger charge is -2.15. The summed E-state index contributed by atoms with van der Waals surface area (Å²) in [4.78, 5) is 13.7. The van der Waals surface area contributed by atoms with E-state index in [1.165, 1.54) is 0 Å². The lowest BCUT2D eigenvalue weighted by molar-refractivity contribution is -0.130. The normalized spacial score (nSPS) is 14.8. The van der Waals surface area contributed by atoms with Crippen molar-refractivity contribution >= 4 is 21.8 Å². The molecule has 4 heteroatoms. The average molecular weight is 312 g/mol. The number of rotatable bonds is 5. The standard InChI is InChI=1S/C14H18BrNO2/c15-12-5-7-13(8-6-12)18-11-3-4-14(17)16-9-1-2-10-16/h5-8H,1-4,9-11H2. The molecule has 0 aliphatic carbocycles. The molecule has 1 fully saturated rings. The van der Waals surface area contributed by atoms with Crippen LogP contribution in [0.15, 0.2) is 28.7 Å². The van der Waals surface area contributed by atoms with Crippen molar-refractivity contribution in [1.82, 2.24) is 4.90 Å². The van der Waals surface area contributed by atoms with Gasteiger partial charge in [-0.1, -0.05) is 15.9 Å². The summed E-state index contributed by atoms with van der Waals surface area (Å²) in [6.45, 7) is 2.47. The second-order valence-corrected chi connectivity index (χ2v) is 5.41. The van der Waals surface area contributed by atoms with Crippen LogP contribution in [0.25, 0.3) is 0 Å². The van der Waals surface area contributed by atoms with Crippen molar-refractivity contribution in [2.24, 2.45) is 0 Å². The van der Waals surface area contributed by atoms with Crippen molar-refractivity contribution in [3.05, 3.63) is 28.7 Å². The molecule has 0 aromatic heterocycles. The quantitative estimate of drug-likeness (QED) is 0.781. The number of amides is 1. The lowest BCUT2D eigenvalue weighted by atomic mass is 10.3. The minimum absolute atomic E-state index is 0.270. The summed E-state index contributed by atoms with van der Waals surface area (Å²) in [6, 6.07) is 7.74. The molecule has 2 rings (SSSR count). The van der Waals surface area contributed by atoms with Gasteiger partial charge < -0.3 is 9.64 Å². The number of benzene rings is 1. The molecular formula is C14H18BrNO2. The van der Waals surface area contributed by atoms with E-state index in [9.17, 15) is 4.79 Å². The Labute approximate surface area is 116 Å². The minimum Gasteiger partial charge on any atom is -0.494 e. The largest absolute Gasteiger partial charge is 0.494 e. The predicted octanol–water partition coefficient (Wildman–Crippen LogP) is 3.23. The Bertz CT molecular complexity index is 385. The Balaban J connectivity index is 1.63. The van der Waals surface area contributed by atoms with E-state index in [0.717, 1.165) is 42.6 Å². The Morgan fingerprint density at radius 2 is 1.89 bits per heavy atom. The molecule has 1 aromatic carbocycles. The van der Waals surface area contributed by atoms with E-state index >= 15 is 0 Å². The minimum atomic E-state index is 0.270. The summed E-state index contributed by atoms with van der Waals surface area (Å²) >= 11 is 3.38. The van der Waals surface area contributed by atoms with Gasteiger partial charge in [-0.3, -0.25) is 4.79 Å². The van der Waals surface area contributed by atoms with Gasteiger partial charge in [0.15, 0.2) is 0 Å². The number of likely N-dealkylation sites (tertiary alicyclic amines) is 1. The van der Waals surface area contributed by atoms with Crippen LogP contribution in [-0.2, 0) is 4.79 Å². The molecule has 1 heterocycles. The zero-order valence-corrected chi connectivity index (χ0v) is 12.0. The van der Waals surface area contributed by atoms with Crippen molar-refractivity contribution < 1.29 is 9.53 Å². The monoisotopic (exact) mass is 311 g/mol. The summed E-state index contributed by atoms with van der Waals surface area (Å²) in [5, 5.41) is 0. The molecule has 0 spiro atoms. The van der Waals surface area contributed by atoms with Crippen molar-refractivity contribution in [3.8, 4) is 5.75 Å². The Morgan fingerprint density at radius 3 is 2.56 bits per heavy atom. The van der Waals surface area contributed by atoms with Crippen LogP contribution in [0.4, 0.5) is 0 Å². The maximum Gasteiger partial charge on any atom is 0.222 e. The molecule has 1 aliphatic heterocycles.